The fraction of sp³-hybridized carbons (Fsp3) is 0.667. The van der Waals surface area contributed by atoms with Gasteiger partial charge in [0.2, 0.25) is 0 Å². The quantitative estimate of drug-likeness (QED) is 0.866. The highest BCUT2D eigenvalue weighted by atomic mass is 15.2. The first-order valence-corrected chi connectivity index (χ1v) is 6.87. The molecular weight excluding hydrogens is 222 g/mol. The second-order valence-electron chi connectivity index (χ2n) is 6.60. The molecule has 18 heavy (non-hydrogen) atoms. The normalized spacial score (nSPS) is 24.4. The Morgan fingerprint density at radius 2 is 2.00 bits per heavy atom. The molecule has 2 heterocycles. The van der Waals surface area contributed by atoms with E-state index in [4.69, 9.17) is 4.98 Å². The summed E-state index contributed by atoms with van der Waals surface area (Å²) in [5, 5.41) is 3.43. The predicted molar refractivity (Wildman–Crippen MR) is 78.2 cm³/mol. The molecule has 1 aliphatic heterocycles. The fourth-order valence-corrected chi connectivity index (χ4v) is 2.66. The molecule has 0 spiro atoms. The van der Waals surface area contributed by atoms with Gasteiger partial charge in [-0.05, 0) is 52.2 Å². The summed E-state index contributed by atoms with van der Waals surface area (Å²) in [4.78, 5) is 7.15. The molecule has 0 bridgehead atoms. The molecule has 2 unspecified atom stereocenters. The van der Waals surface area contributed by atoms with Crippen LogP contribution in [0.25, 0.3) is 0 Å². The fourth-order valence-electron chi connectivity index (χ4n) is 2.66. The Morgan fingerprint density at radius 3 is 2.56 bits per heavy atom. The van der Waals surface area contributed by atoms with E-state index in [1.807, 2.05) is 6.07 Å². The summed E-state index contributed by atoms with van der Waals surface area (Å²) in [6, 6.07) is 6.84. The topological polar surface area (TPSA) is 28.2 Å². The Labute approximate surface area is 111 Å². The van der Waals surface area contributed by atoms with Gasteiger partial charge in [-0.3, -0.25) is 0 Å². The molecule has 1 saturated heterocycles. The van der Waals surface area contributed by atoms with E-state index < -0.39 is 0 Å². The van der Waals surface area contributed by atoms with E-state index >= 15 is 0 Å². The molecule has 2 rings (SSSR count). The lowest BCUT2D eigenvalue weighted by atomic mass is 10.1. The number of pyridine rings is 1. The molecule has 0 aliphatic carbocycles. The van der Waals surface area contributed by atoms with Crippen molar-refractivity contribution in [1.29, 1.82) is 0 Å². The smallest absolute Gasteiger partial charge is 0.131 e. The average molecular weight is 247 g/mol. The second-order valence-corrected chi connectivity index (χ2v) is 6.60. The van der Waals surface area contributed by atoms with Crippen LogP contribution < -0.4 is 10.2 Å². The first-order valence-electron chi connectivity index (χ1n) is 6.87. The second kappa shape index (κ2) is 4.79. The third kappa shape index (κ3) is 3.15. The van der Waals surface area contributed by atoms with Gasteiger partial charge in [-0.15, -0.1) is 0 Å². The average Bonchev–Trinajstić information content (AvgIpc) is 2.55. The molecule has 1 N–H and O–H groups in total. The third-order valence-corrected chi connectivity index (χ3v) is 3.32. The van der Waals surface area contributed by atoms with Crippen LogP contribution in [0.15, 0.2) is 18.2 Å². The summed E-state index contributed by atoms with van der Waals surface area (Å²) in [6.45, 7) is 12.2. The summed E-state index contributed by atoms with van der Waals surface area (Å²) in [5.41, 5.74) is 0.0511. The van der Waals surface area contributed by atoms with Crippen molar-refractivity contribution in [1.82, 2.24) is 4.98 Å². The molecule has 3 heteroatoms. The van der Waals surface area contributed by atoms with E-state index in [9.17, 15) is 0 Å². The van der Waals surface area contributed by atoms with E-state index in [-0.39, 0.29) is 5.54 Å². The van der Waals surface area contributed by atoms with Crippen LogP contribution in [0.4, 0.5) is 11.6 Å². The molecule has 1 aliphatic rings. The van der Waals surface area contributed by atoms with Crippen LogP contribution >= 0.6 is 0 Å². The van der Waals surface area contributed by atoms with Crippen LogP contribution in [-0.2, 0) is 0 Å². The molecule has 0 radical (unpaired) electrons. The number of anilines is 2. The van der Waals surface area contributed by atoms with Crippen molar-refractivity contribution >= 4 is 11.6 Å². The molecule has 3 nitrogen and oxygen atoms in total. The highest BCUT2D eigenvalue weighted by Crippen LogP contribution is 2.28. The van der Waals surface area contributed by atoms with E-state index in [0.29, 0.717) is 6.04 Å². The van der Waals surface area contributed by atoms with E-state index in [1.165, 1.54) is 6.42 Å². The van der Waals surface area contributed by atoms with Crippen LogP contribution in [0, 0.1) is 5.92 Å². The molecule has 100 valence electrons. The maximum absolute atomic E-state index is 4.74. The van der Waals surface area contributed by atoms with Crippen molar-refractivity contribution in [3.8, 4) is 0 Å². The van der Waals surface area contributed by atoms with Gasteiger partial charge in [-0.1, -0.05) is 13.0 Å². The number of hydrogen-bond donors (Lipinski definition) is 1. The van der Waals surface area contributed by atoms with Crippen LogP contribution in [0.1, 0.15) is 41.0 Å². The minimum absolute atomic E-state index is 0.0511. The molecule has 0 saturated carbocycles. The zero-order valence-corrected chi connectivity index (χ0v) is 12.2. The van der Waals surface area contributed by atoms with E-state index in [1.54, 1.807) is 0 Å². The number of hydrogen-bond acceptors (Lipinski definition) is 3. The van der Waals surface area contributed by atoms with Crippen molar-refractivity contribution in [3.05, 3.63) is 18.2 Å². The standard InChI is InChI=1S/C15H25N3/c1-11-9-12(2)18(10-11)14-8-6-7-13(16-14)17-15(3,4)5/h6-8,11-12H,9-10H2,1-5H3,(H,16,17). The SMILES string of the molecule is CC1CC(C)N(c2cccc(NC(C)(C)C)n2)C1. The van der Waals surface area contributed by atoms with Crippen LogP contribution in [0.5, 0.6) is 0 Å². The molecule has 0 aromatic carbocycles. The third-order valence-electron chi connectivity index (χ3n) is 3.32. The van der Waals surface area contributed by atoms with Gasteiger partial charge >= 0.3 is 0 Å². The number of nitrogens with zero attached hydrogens (tertiary/aromatic N) is 2. The van der Waals surface area contributed by atoms with Gasteiger partial charge in [0.15, 0.2) is 0 Å². The maximum atomic E-state index is 4.74. The molecule has 0 amide bonds. The Balaban J connectivity index is 2.17. The van der Waals surface area contributed by atoms with Crippen molar-refractivity contribution in [2.75, 3.05) is 16.8 Å². The molecule has 2 atom stereocenters. The van der Waals surface area contributed by atoms with Crippen LogP contribution in [-0.4, -0.2) is 23.1 Å². The van der Waals surface area contributed by atoms with E-state index in [0.717, 1.165) is 24.1 Å². The Morgan fingerprint density at radius 1 is 1.28 bits per heavy atom. The molecule has 1 fully saturated rings. The summed E-state index contributed by atoms with van der Waals surface area (Å²) in [7, 11) is 0. The predicted octanol–water partition coefficient (Wildman–Crippen LogP) is 3.53. The minimum Gasteiger partial charge on any atom is -0.365 e. The van der Waals surface area contributed by atoms with Gasteiger partial charge in [0, 0.05) is 18.1 Å². The Hall–Kier alpha value is -1.25. The van der Waals surface area contributed by atoms with Gasteiger partial charge in [-0.25, -0.2) is 4.98 Å². The van der Waals surface area contributed by atoms with Gasteiger partial charge < -0.3 is 10.2 Å². The van der Waals surface area contributed by atoms with Gasteiger partial charge in [0.1, 0.15) is 11.6 Å². The van der Waals surface area contributed by atoms with Crippen LogP contribution in [0.2, 0.25) is 0 Å². The summed E-state index contributed by atoms with van der Waals surface area (Å²) in [6.07, 6.45) is 1.26. The van der Waals surface area contributed by atoms with Gasteiger partial charge in [0.25, 0.3) is 0 Å². The lowest BCUT2D eigenvalue weighted by molar-refractivity contribution is 0.624. The molecule has 1 aromatic heterocycles. The first kappa shape index (κ1) is 13.2. The number of rotatable bonds is 2. The number of nitrogens with one attached hydrogen (secondary N) is 1. The summed E-state index contributed by atoms with van der Waals surface area (Å²) < 4.78 is 0. The zero-order valence-electron chi connectivity index (χ0n) is 12.2. The first-order chi connectivity index (χ1) is 8.35. The largest absolute Gasteiger partial charge is 0.365 e. The lowest BCUT2D eigenvalue weighted by Gasteiger charge is -2.25. The highest BCUT2D eigenvalue weighted by Gasteiger charge is 2.27. The Bertz CT molecular complexity index is 408. The highest BCUT2D eigenvalue weighted by molar-refractivity contribution is 5.49. The van der Waals surface area contributed by atoms with Crippen molar-refractivity contribution < 1.29 is 0 Å². The maximum Gasteiger partial charge on any atom is 0.131 e. The molecule has 1 aromatic rings. The van der Waals surface area contributed by atoms with Crippen LogP contribution in [0.3, 0.4) is 0 Å². The molecular formula is C15H25N3. The minimum atomic E-state index is 0.0511. The van der Waals surface area contributed by atoms with E-state index in [2.05, 4.69) is 57.0 Å². The lowest BCUT2D eigenvalue weighted by Crippen LogP contribution is -2.29. The van der Waals surface area contributed by atoms with Crippen molar-refractivity contribution in [2.45, 2.75) is 52.6 Å². The van der Waals surface area contributed by atoms with Crippen molar-refractivity contribution in [2.24, 2.45) is 5.92 Å². The van der Waals surface area contributed by atoms with Gasteiger partial charge in [-0.2, -0.15) is 0 Å². The number of aromatic nitrogens is 1. The summed E-state index contributed by atoms with van der Waals surface area (Å²) >= 11 is 0. The zero-order chi connectivity index (χ0) is 13.3. The Kier molecular flexibility index (Phi) is 3.51. The van der Waals surface area contributed by atoms with Gasteiger partial charge in [0.05, 0.1) is 0 Å². The monoisotopic (exact) mass is 247 g/mol. The van der Waals surface area contributed by atoms with Crippen molar-refractivity contribution in [3.63, 3.8) is 0 Å². The summed E-state index contributed by atoms with van der Waals surface area (Å²) in [5.74, 6) is 2.83.